The van der Waals surface area contributed by atoms with Crippen molar-refractivity contribution in [3.8, 4) is 0 Å². The van der Waals surface area contributed by atoms with Gasteiger partial charge in [0.2, 0.25) is 0 Å². The molecule has 0 amide bonds. The second-order valence-electron chi connectivity index (χ2n) is 5.52. The lowest BCUT2D eigenvalue weighted by Gasteiger charge is -2.21. The first-order chi connectivity index (χ1) is 8.84. The largest absolute Gasteiger partial charge is 0.327 e. The summed E-state index contributed by atoms with van der Waals surface area (Å²) in [6.07, 6.45) is 7.75. The van der Waals surface area contributed by atoms with E-state index in [0.717, 1.165) is 0 Å². The fourth-order valence-corrected chi connectivity index (χ4v) is 4.12. The van der Waals surface area contributed by atoms with Gasteiger partial charge in [-0.2, -0.15) is 0 Å². The normalized spacial score (nSPS) is 25.2. The minimum Gasteiger partial charge on any atom is -0.327 e. The summed E-state index contributed by atoms with van der Waals surface area (Å²) in [5.41, 5.74) is 7.86. The zero-order chi connectivity index (χ0) is 12.4. The second-order valence-corrected chi connectivity index (χ2v) is 6.43. The third-order valence-corrected chi connectivity index (χ3v) is 5.27. The van der Waals surface area contributed by atoms with E-state index in [-0.39, 0.29) is 0 Å². The van der Waals surface area contributed by atoms with Crippen LogP contribution in [0.3, 0.4) is 0 Å². The van der Waals surface area contributed by atoms with Crippen molar-refractivity contribution in [3.05, 3.63) is 35.2 Å². The molecule has 96 valence electrons. The Hall–Kier alpha value is -0.860. The van der Waals surface area contributed by atoms with Gasteiger partial charge in [0.25, 0.3) is 0 Å². The first-order valence-electron chi connectivity index (χ1n) is 7.05. The van der Waals surface area contributed by atoms with Gasteiger partial charge in [0.05, 0.1) is 0 Å². The quantitative estimate of drug-likeness (QED) is 0.797. The van der Waals surface area contributed by atoms with Gasteiger partial charge in [-0.1, -0.05) is 37.5 Å². The van der Waals surface area contributed by atoms with E-state index in [4.69, 9.17) is 5.73 Å². The fraction of sp³-hybridized carbons (Fsp3) is 0.500. The van der Waals surface area contributed by atoms with E-state index in [9.17, 15) is 0 Å². The summed E-state index contributed by atoms with van der Waals surface area (Å²) >= 11 is 1.87. The molecule has 1 aliphatic rings. The number of benzene rings is 1. The molecule has 1 nitrogen and oxygen atoms in total. The molecule has 1 heterocycles. The average Bonchev–Trinajstić information content (AvgIpc) is 2.69. The molecule has 1 fully saturated rings. The molecule has 2 unspecified atom stereocenters. The van der Waals surface area contributed by atoms with E-state index in [1.807, 2.05) is 11.3 Å². The summed E-state index contributed by atoms with van der Waals surface area (Å²) < 4.78 is 1.41. The van der Waals surface area contributed by atoms with Crippen molar-refractivity contribution >= 4 is 21.4 Å². The van der Waals surface area contributed by atoms with E-state index >= 15 is 0 Å². The van der Waals surface area contributed by atoms with Gasteiger partial charge in [0, 0.05) is 10.7 Å². The van der Waals surface area contributed by atoms with Gasteiger partial charge in [-0.05, 0) is 47.6 Å². The molecule has 0 aliphatic heterocycles. The van der Waals surface area contributed by atoms with E-state index in [1.165, 1.54) is 54.2 Å². The molecule has 2 heteroatoms. The monoisotopic (exact) mass is 259 g/mol. The Kier molecular flexibility index (Phi) is 3.67. The van der Waals surface area contributed by atoms with Crippen LogP contribution in [0.2, 0.25) is 0 Å². The molecule has 1 saturated carbocycles. The topological polar surface area (TPSA) is 26.0 Å². The number of thiophene rings is 1. The first-order valence-corrected chi connectivity index (χ1v) is 7.93. The second kappa shape index (κ2) is 5.41. The van der Waals surface area contributed by atoms with E-state index in [2.05, 4.69) is 29.6 Å². The predicted molar refractivity (Wildman–Crippen MR) is 80.1 cm³/mol. The van der Waals surface area contributed by atoms with Crippen LogP contribution in [0.15, 0.2) is 29.6 Å². The molecule has 2 N–H and O–H groups in total. The highest BCUT2D eigenvalue weighted by molar-refractivity contribution is 7.17. The van der Waals surface area contributed by atoms with Gasteiger partial charge in [0.1, 0.15) is 0 Å². The Bertz CT molecular complexity index is 517. The Morgan fingerprint density at radius 1 is 1.11 bits per heavy atom. The maximum atomic E-state index is 6.34. The summed E-state index contributed by atoms with van der Waals surface area (Å²) in [4.78, 5) is 0. The van der Waals surface area contributed by atoms with Crippen LogP contribution in [0.25, 0.3) is 10.1 Å². The van der Waals surface area contributed by atoms with Crippen LogP contribution in [-0.2, 0) is 6.42 Å². The molecule has 0 spiro atoms. The Morgan fingerprint density at radius 3 is 2.89 bits per heavy atom. The van der Waals surface area contributed by atoms with Crippen LogP contribution in [-0.4, -0.2) is 6.04 Å². The third kappa shape index (κ3) is 2.45. The van der Waals surface area contributed by atoms with Crippen molar-refractivity contribution in [2.24, 2.45) is 11.7 Å². The molecule has 1 aliphatic carbocycles. The zero-order valence-corrected chi connectivity index (χ0v) is 11.6. The van der Waals surface area contributed by atoms with Crippen LogP contribution in [0.1, 0.15) is 37.7 Å². The first kappa shape index (κ1) is 12.2. The van der Waals surface area contributed by atoms with Gasteiger partial charge < -0.3 is 5.73 Å². The predicted octanol–water partition coefficient (Wildman–Crippen LogP) is 4.35. The Morgan fingerprint density at radius 2 is 1.94 bits per heavy atom. The van der Waals surface area contributed by atoms with Crippen LogP contribution in [0.5, 0.6) is 0 Å². The van der Waals surface area contributed by atoms with Gasteiger partial charge in [-0.15, -0.1) is 11.3 Å². The van der Waals surface area contributed by atoms with Crippen LogP contribution >= 0.6 is 11.3 Å². The number of nitrogens with two attached hydrogens (primary N) is 1. The molecule has 0 saturated heterocycles. The van der Waals surface area contributed by atoms with Gasteiger partial charge in [0.15, 0.2) is 0 Å². The van der Waals surface area contributed by atoms with Crippen molar-refractivity contribution in [2.75, 3.05) is 0 Å². The van der Waals surface area contributed by atoms with Crippen LogP contribution in [0.4, 0.5) is 0 Å². The number of hydrogen-bond acceptors (Lipinski definition) is 2. The van der Waals surface area contributed by atoms with Gasteiger partial charge in [-0.25, -0.2) is 0 Å². The van der Waals surface area contributed by atoms with Gasteiger partial charge in [-0.3, -0.25) is 0 Å². The van der Waals surface area contributed by atoms with E-state index in [0.29, 0.717) is 12.0 Å². The molecule has 2 atom stereocenters. The summed E-state index contributed by atoms with van der Waals surface area (Å²) in [7, 11) is 0. The lowest BCUT2D eigenvalue weighted by atomic mass is 9.89. The molecule has 0 bridgehead atoms. The van der Waals surface area contributed by atoms with Crippen LogP contribution < -0.4 is 5.73 Å². The van der Waals surface area contributed by atoms with Crippen molar-refractivity contribution in [1.82, 2.24) is 0 Å². The van der Waals surface area contributed by atoms with Crippen LogP contribution in [0, 0.1) is 5.92 Å². The number of fused-ring (bicyclic) bond motifs is 1. The smallest absolute Gasteiger partial charge is 0.0345 e. The summed E-state index contributed by atoms with van der Waals surface area (Å²) in [5.74, 6) is 0.686. The highest BCUT2D eigenvalue weighted by Crippen LogP contribution is 2.31. The molecule has 1 aromatic carbocycles. The maximum Gasteiger partial charge on any atom is 0.0345 e. The molecule has 3 rings (SSSR count). The highest BCUT2D eigenvalue weighted by Gasteiger charge is 2.21. The average molecular weight is 259 g/mol. The van der Waals surface area contributed by atoms with Crippen molar-refractivity contribution in [2.45, 2.75) is 44.6 Å². The van der Waals surface area contributed by atoms with Crippen molar-refractivity contribution in [3.63, 3.8) is 0 Å². The lowest BCUT2D eigenvalue weighted by Crippen LogP contribution is -2.30. The Labute approximate surface area is 113 Å². The lowest BCUT2D eigenvalue weighted by molar-refractivity contribution is 0.396. The summed E-state index contributed by atoms with van der Waals surface area (Å²) in [6, 6.07) is 9.15. The molecular formula is C16H21NS. The minimum absolute atomic E-state index is 0.408. The SMILES string of the molecule is NC1CCCCCC1Cc1csc2ccccc12. The molecule has 0 radical (unpaired) electrons. The molecular weight excluding hydrogens is 238 g/mol. The van der Waals surface area contributed by atoms with Crippen molar-refractivity contribution in [1.29, 1.82) is 0 Å². The van der Waals surface area contributed by atoms with E-state index < -0.39 is 0 Å². The Balaban J connectivity index is 1.82. The number of rotatable bonds is 2. The number of hydrogen-bond donors (Lipinski definition) is 1. The molecule has 1 aromatic heterocycles. The maximum absolute atomic E-state index is 6.34. The van der Waals surface area contributed by atoms with Gasteiger partial charge >= 0.3 is 0 Å². The summed E-state index contributed by atoms with van der Waals surface area (Å²) in [6.45, 7) is 0. The zero-order valence-electron chi connectivity index (χ0n) is 10.8. The molecule has 2 aromatic rings. The minimum atomic E-state index is 0.408. The fourth-order valence-electron chi connectivity index (χ4n) is 3.14. The summed E-state index contributed by atoms with van der Waals surface area (Å²) in [5, 5.41) is 3.78. The van der Waals surface area contributed by atoms with E-state index in [1.54, 1.807) is 0 Å². The third-order valence-electron chi connectivity index (χ3n) is 4.26. The highest BCUT2D eigenvalue weighted by atomic mass is 32.1. The standard InChI is InChI=1S/C16H21NS/c17-15-8-3-1-2-6-12(15)10-13-11-18-16-9-5-4-7-14(13)16/h4-5,7,9,11-12,15H,1-3,6,8,10,17H2. The van der Waals surface area contributed by atoms with Crippen molar-refractivity contribution < 1.29 is 0 Å². The molecule has 18 heavy (non-hydrogen) atoms.